The van der Waals surface area contributed by atoms with Crippen molar-refractivity contribution in [3.8, 4) is 0 Å². The summed E-state index contributed by atoms with van der Waals surface area (Å²) in [6, 6.07) is 7.60. The molecule has 7 nitrogen and oxygen atoms in total. The number of benzene rings is 1. The number of amides is 1. The number of halogens is 2. The van der Waals surface area contributed by atoms with Crippen LogP contribution in [0.5, 0.6) is 0 Å². The minimum absolute atomic E-state index is 0.0284. The molecule has 0 aliphatic heterocycles. The molecular weight excluding hydrogens is 357 g/mol. The molecule has 0 saturated heterocycles. The van der Waals surface area contributed by atoms with Crippen molar-refractivity contribution in [2.24, 2.45) is 0 Å². The molecule has 0 fully saturated rings. The van der Waals surface area contributed by atoms with Crippen LogP contribution in [0, 0.1) is 5.82 Å². The second-order valence-electron chi connectivity index (χ2n) is 4.66. The van der Waals surface area contributed by atoms with Crippen LogP contribution < -0.4 is 5.32 Å². The molecular formula is C14H11ClFN5O2S. The highest BCUT2D eigenvalue weighted by molar-refractivity contribution is 7.99. The zero-order chi connectivity index (χ0) is 16.9. The van der Waals surface area contributed by atoms with Gasteiger partial charge in [-0.3, -0.25) is 4.79 Å². The summed E-state index contributed by atoms with van der Waals surface area (Å²) in [4.78, 5) is 11.9. The van der Waals surface area contributed by atoms with Gasteiger partial charge in [-0.15, -0.1) is 5.10 Å². The molecule has 0 spiro atoms. The van der Waals surface area contributed by atoms with E-state index in [-0.39, 0.29) is 22.4 Å². The number of carbonyl (C=O) groups is 1. The van der Waals surface area contributed by atoms with Crippen LogP contribution in [-0.4, -0.2) is 31.9 Å². The third-order valence-corrected chi connectivity index (χ3v) is 4.11. The van der Waals surface area contributed by atoms with E-state index in [1.54, 1.807) is 18.4 Å². The zero-order valence-corrected chi connectivity index (χ0v) is 13.7. The predicted molar refractivity (Wildman–Crippen MR) is 86.4 cm³/mol. The number of hydrogen-bond acceptors (Lipinski definition) is 6. The topological polar surface area (TPSA) is 85.8 Å². The van der Waals surface area contributed by atoms with E-state index in [0.29, 0.717) is 17.5 Å². The Balaban J connectivity index is 1.58. The molecule has 10 heteroatoms. The van der Waals surface area contributed by atoms with Crippen LogP contribution in [0.2, 0.25) is 5.02 Å². The number of nitrogens with one attached hydrogen (secondary N) is 1. The van der Waals surface area contributed by atoms with Gasteiger partial charge in [-0.2, -0.15) is 0 Å². The second kappa shape index (κ2) is 7.45. The highest BCUT2D eigenvalue weighted by Crippen LogP contribution is 2.20. The quantitative estimate of drug-likeness (QED) is 0.674. The molecule has 3 aromatic rings. The molecule has 0 aliphatic carbocycles. The Hall–Kier alpha value is -2.39. The van der Waals surface area contributed by atoms with Gasteiger partial charge in [-0.25, -0.2) is 9.07 Å². The van der Waals surface area contributed by atoms with Crippen molar-refractivity contribution < 1.29 is 13.6 Å². The predicted octanol–water partition coefficient (Wildman–Crippen LogP) is 2.84. The Morgan fingerprint density at radius 3 is 3.04 bits per heavy atom. The first-order chi connectivity index (χ1) is 11.6. The van der Waals surface area contributed by atoms with Crippen LogP contribution in [0.1, 0.15) is 5.76 Å². The number of furan rings is 1. The fourth-order valence-corrected chi connectivity index (χ4v) is 2.69. The minimum atomic E-state index is -0.594. The highest BCUT2D eigenvalue weighted by Gasteiger charge is 2.13. The lowest BCUT2D eigenvalue weighted by Gasteiger charge is -2.06. The number of rotatable bonds is 6. The van der Waals surface area contributed by atoms with E-state index in [0.717, 1.165) is 17.8 Å². The van der Waals surface area contributed by atoms with E-state index in [1.807, 2.05) is 0 Å². The fourth-order valence-electron chi connectivity index (χ4n) is 1.86. The van der Waals surface area contributed by atoms with E-state index in [2.05, 4.69) is 20.8 Å². The fraction of sp³-hybridized carbons (Fsp3) is 0.143. The van der Waals surface area contributed by atoms with E-state index < -0.39 is 5.82 Å². The van der Waals surface area contributed by atoms with E-state index in [1.165, 1.54) is 16.8 Å². The molecule has 3 rings (SSSR count). The van der Waals surface area contributed by atoms with Gasteiger partial charge in [0.15, 0.2) is 0 Å². The average molecular weight is 368 g/mol. The van der Waals surface area contributed by atoms with E-state index in [9.17, 15) is 9.18 Å². The number of hydrogen-bond donors (Lipinski definition) is 1. The Morgan fingerprint density at radius 1 is 1.42 bits per heavy atom. The number of thioether (sulfide) groups is 1. The maximum absolute atomic E-state index is 13.6. The third kappa shape index (κ3) is 4.12. The van der Waals surface area contributed by atoms with Crippen molar-refractivity contribution in [3.63, 3.8) is 0 Å². The van der Waals surface area contributed by atoms with Gasteiger partial charge in [0.2, 0.25) is 11.1 Å². The summed E-state index contributed by atoms with van der Waals surface area (Å²) in [7, 11) is 0. The Morgan fingerprint density at radius 2 is 2.29 bits per heavy atom. The summed E-state index contributed by atoms with van der Waals surface area (Å²) in [6.07, 6.45) is 1.56. The molecule has 1 aromatic carbocycles. The molecule has 1 amide bonds. The molecule has 0 radical (unpaired) electrons. The highest BCUT2D eigenvalue weighted by atomic mass is 35.5. The number of carbonyl (C=O) groups excluding carboxylic acids is 1. The summed E-state index contributed by atoms with van der Waals surface area (Å²) in [5.41, 5.74) is 0.0696. The first-order valence-electron chi connectivity index (χ1n) is 6.78. The maximum Gasteiger partial charge on any atom is 0.234 e. The molecule has 0 bridgehead atoms. The molecule has 0 aliphatic rings. The SMILES string of the molecule is O=C(CSc1nnnn1Cc1ccco1)Nc1ccc(Cl)cc1F. The van der Waals surface area contributed by atoms with E-state index >= 15 is 0 Å². The lowest BCUT2D eigenvalue weighted by atomic mass is 10.3. The molecule has 24 heavy (non-hydrogen) atoms. The summed E-state index contributed by atoms with van der Waals surface area (Å²) in [6.45, 7) is 0.357. The van der Waals surface area contributed by atoms with Crippen LogP contribution in [0.3, 0.4) is 0 Å². The average Bonchev–Trinajstić information content (AvgIpc) is 3.20. The van der Waals surface area contributed by atoms with Crippen LogP contribution in [0.25, 0.3) is 0 Å². The Kier molecular flexibility index (Phi) is 5.11. The monoisotopic (exact) mass is 367 g/mol. The second-order valence-corrected chi connectivity index (χ2v) is 6.04. The lowest BCUT2D eigenvalue weighted by Crippen LogP contribution is -2.15. The smallest absolute Gasteiger partial charge is 0.234 e. The molecule has 1 N–H and O–H groups in total. The molecule has 124 valence electrons. The molecule has 0 atom stereocenters. The maximum atomic E-state index is 13.6. The summed E-state index contributed by atoms with van der Waals surface area (Å²) in [5.74, 6) is -0.255. The number of nitrogens with zero attached hydrogens (tertiary/aromatic N) is 4. The van der Waals surface area contributed by atoms with Gasteiger partial charge in [0.1, 0.15) is 18.1 Å². The van der Waals surface area contributed by atoms with Gasteiger partial charge in [0.25, 0.3) is 0 Å². The molecule has 0 saturated carbocycles. The van der Waals surface area contributed by atoms with Gasteiger partial charge >= 0.3 is 0 Å². The van der Waals surface area contributed by atoms with Gasteiger partial charge in [0.05, 0.1) is 17.7 Å². The number of aromatic nitrogens is 4. The minimum Gasteiger partial charge on any atom is -0.467 e. The Bertz CT molecular complexity index is 840. The first-order valence-corrected chi connectivity index (χ1v) is 8.14. The van der Waals surface area contributed by atoms with Crippen LogP contribution in [0.4, 0.5) is 10.1 Å². The van der Waals surface area contributed by atoms with Crippen molar-refractivity contribution in [1.82, 2.24) is 20.2 Å². The van der Waals surface area contributed by atoms with Crippen LogP contribution >= 0.6 is 23.4 Å². The van der Waals surface area contributed by atoms with Gasteiger partial charge < -0.3 is 9.73 Å². The first kappa shape index (κ1) is 16.5. The van der Waals surface area contributed by atoms with Crippen molar-refractivity contribution in [2.75, 3.05) is 11.1 Å². The molecule has 2 heterocycles. The normalized spacial score (nSPS) is 10.8. The van der Waals surface area contributed by atoms with E-state index in [4.69, 9.17) is 16.0 Å². The Labute approximate surface area is 145 Å². The number of tetrazole rings is 1. The summed E-state index contributed by atoms with van der Waals surface area (Å²) < 4.78 is 20.4. The summed E-state index contributed by atoms with van der Waals surface area (Å²) in [5, 5.41) is 14.5. The molecule has 0 unspecified atom stereocenters. The van der Waals surface area contributed by atoms with Crippen molar-refractivity contribution >= 4 is 35.0 Å². The zero-order valence-electron chi connectivity index (χ0n) is 12.1. The number of anilines is 1. The van der Waals surface area contributed by atoms with Crippen molar-refractivity contribution in [1.29, 1.82) is 0 Å². The van der Waals surface area contributed by atoms with Crippen LogP contribution in [-0.2, 0) is 11.3 Å². The van der Waals surface area contributed by atoms with Gasteiger partial charge in [-0.1, -0.05) is 23.4 Å². The summed E-state index contributed by atoms with van der Waals surface area (Å²) >= 11 is 6.81. The van der Waals surface area contributed by atoms with Crippen LogP contribution in [0.15, 0.2) is 46.2 Å². The lowest BCUT2D eigenvalue weighted by molar-refractivity contribution is -0.113. The van der Waals surface area contributed by atoms with Crippen molar-refractivity contribution in [2.45, 2.75) is 11.7 Å². The van der Waals surface area contributed by atoms with Gasteiger partial charge in [0, 0.05) is 5.02 Å². The standard InChI is InChI=1S/C14H11ClFN5O2S/c15-9-3-4-12(11(16)6-9)17-13(22)8-24-14-18-19-20-21(14)7-10-2-1-5-23-10/h1-6H,7-8H2,(H,17,22). The third-order valence-electron chi connectivity index (χ3n) is 2.92. The molecule has 2 aromatic heterocycles. The largest absolute Gasteiger partial charge is 0.467 e. The van der Waals surface area contributed by atoms with Crippen molar-refractivity contribution in [3.05, 3.63) is 53.2 Å². The van der Waals surface area contributed by atoms with Gasteiger partial charge in [-0.05, 0) is 40.8 Å².